The predicted molar refractivity (Wildman–Crippen MR) is 56.5 cm³/mol. The van der Waals surface area contributed by atoms with E-state index in [9.17, 15) is 13.6 Å². The summed E-state index contributed by atoms with van der Waals surface area (Å²) in [5.74, 6) is -2.07. The molecular weight excluding hydrogens is 236 g/mol. The van der Waals surface area contributed by atoms with Gasteiger partial charge in [0.2, 0.25) is 0 Å². The minimum atomic E-state index is -1.02. The van der Waals surface area contributed by atoms with Crippen molar-refractivity contribution >= 4 is 17.5 Å². The molecule has 1 aromatic rings. The van der Waals surface area contributed by atoms with E-state index in [1.807, 2.05) is 0 Å². The molecular formula is C11H10ClF2NO. The van der Waals surface area contributed by atoms with Gasteiger partial charge in [0, 0.05) is 11.4 Å². The van der Waals surface area contributed by atoms with Gasteiger partial charge >= 0.3 is 0 Å². The molecule has 1 N–H and O–H groups in total. The lowest BCUT2D eigenvalue weighted by atomic mass is 10.2. The van der Waals surface area contributed by atoms with E-state index in [4.69, 9.17) is 11.6 Å². The number of carbonyl (C=O) groups excluding carboxylic acids is 1. The Labute approximate surface area is 96.6 Å². The van der Waals surface area contributed by atoms with Crippen LogP contribution in [0.5, 0.6) is 0 Å². The highest BCUT2D eigenvalue weighted by atomic mass is 35.5. The van der Waals surface area contributed by atoms with Crippen molar-refractivity contribution in [2.75, 3.05) is 5.88 Å². The van der Waals surface area contributed by atoms with Gasteiger partial charge in [0.15, 0.2) is 11.6 Å². The van der Waals surface area contributed by atoms with Crippen molar-refractivity contribution in [1.82, 2.24) is 5.32 Å². The second-order valence-electron chi connectivity index (χ2n) is 4.00. The smallest absolute Gasteiger partial charge is 0.251 e. The van der Waals surface area contributed by atoms with Crippen molar-refractivity contribution in [2.24, 2.45) is 0 Å². The number of rotatable bonds is 3. The molecule has 2 rings (SSSR count). The molecule has 1 amide bonds. The maximum atomic E-state index is 12.9. The van der Waals surface area contributed by atoms with Crippen LogP contribution < -0.4 is 5.32 Å². The van der Waals surface area contributed by atoms with Gasteiger partial charge in [-0.25, -0.2) is 8.78 Å². The molecule has 0 saturated heterocycles. The molecule has 86 valence electrons. The lowest BCUT2D eigenvalue weighted by Gasteiger charge is -2.13. The Bertz CT molecular complexity index is 432. The Balaban J connectivity index is 2.12. The molecule has 0 spiro atoms. The SMILES string of the molecule is O=C(NC1(CCl)CC1)c1ccc(F)c(F)c1. The van der Waals surface area contributed by atoms with Crippen LogP contribution in [0.2, 0.25) is 0 Å². The summed E-state index contributed by atoms with van der Waals surface area (Å²) < 4.78 is 25.5. The first-order valence-corrected chi connectivity index (χ1v) is 5.43. The topological polar surface area (TPSA) is 29.1 Å². The standard InChI is InChI=1S/C11H10ClF2NO/c12-6-11(3-4-11)15-10(16)7-1-2-8(13)9(14)5-7/h1-2,5H,3-4,6H2,(H,15,16). The number of hydrogen-bond donors (Lipinski definition) is 1. The monoisotopic (exact) mass is 245 g/mol. The zero-order valence-electron chi connectivity index (χ0n) is 8.40. The lowest BCUT2D eigenvalue weighted by molar-refractivity contribution is 0.0935. The molecule has 0 aromatic heterocycles. The summed E-state index contributed by atoms with van der Waals surface area (Å²) >= 11 is 5.69. The molecule has 2 nitrogen and oxygen atoms in total. The molecule has 1 fully saturated rings. The predicted octanol–water partition coefficient (Wildman–Crippen LogP) is 2.47. The fourth-order valence-corrected chi connectivity index (χ4v) is 1.73. The average Bonchev–Trinajstić information content (AvgIpc) is 3.02. The Hall–Kier alpha value is -1.16. The van der Waals surface area contributed by atoms with E-state index in [1.165, 1.54) is 6.07 Å². The first-order chi connectivity index (χ1) is 7.56. The normalized spacial score (nSPS) is 16.9. The minimum absolute atomic E-state index is 0.107. The van der Waals surface area contributed by atoms with Crippen molar-refractivity contribution in [3.8, 4) is 0 Å². The minimum Gasteiger partial charge on any atom is -0.345 e. The van der Waals surface area contributed by atoms with Crippen molar-refractivity contribution in [3.63, 3.8) is 0 Å². The third-order valence-electron chi connectivity index (χ3n) is 2.67. The van der Waals surface area contributed by atoms with Gasteiger partial charge in [0.25, 0.3) is 5.91 Å². The van der Waals surface area contributed by atoms with Crippen molar-refractivity contribution in [2.45, 2.75) is 18.4 Å². The van der Waals surface area contributed by atoms with Crippen LogP contribution in [-0.4, -0.2) is 17.3 Å². The van der Waals surface area contributed by atoms with Gasteiger partial charge in [-0.3, -0.25) is 4.79 Å². The van der Waals surface area contributed by atoms with E-state index in [0.717, 1.165) is 25.0 Å². The van der Waals surface area contributed by atoms with E-state index in [2.05, 4.69) is 5.32 Å². The largest absolute Gasteiger partial charge is 0.345 e. The van der Waals surface area contributed by atoms with E-state index < -0.39 is 17.5 Å². The summed E-state index contributed by atoms with van der Waals surface area (Å²) in [6.45, 7) is 0. The maximum Gasteiger partial charge on any atom is 0.251 e. The molecule has 1 aliphatic carbocycles. The number of benzene rings is 1. The van der Waals surface area contributed by atoms with Crippen LogP contribution in [0, 0.1) is 11.6 Å². The van der Waals surface area contributed by atoms with Gasteiger partial charge in [-0.15, -0.1) is 11.6 Å². The fourth-order valence-electron chi connectivity index (χ4n) is 1.39. The van der Waals surface area contributed by atoms with Gasteiger partial charge in [0.05, 0.1) is 5.54 Å². The highest BCUT2D eigenvalue weighted by Crippen LogP contribution is 2.36. The lowest BCUT2D eigenvalue weighted by Crippen LogP contribution is -2.38. The number of nitrogens with one attached hydrogen (secondary N) is 1. The zero-order valence-corrected chi connectivity index (χ0v) is 9.15. The van der Waals surface area contributed by atoms with Gasteiger partial charge in [-0.05, 0) is 31.0 Å². The Morgan fingerprint density at radius 3 is 2.56 bits per heavy atom. The van der Waals surface area contributed by atoms with Crippen molar-refractivity contribution in [3.05, 3.63) is 35.4 Å². The van der Waals surface area contributed by atoms with Crippen LogP contribution in [0.4, 0.5) is 8.78 Å². The second kappa shape index (κ2) is 4.01. The second-order valence-corrected chi connectivity index (χ2v) is 4.26. The van der Waals surface area contributed by atoms with Crippen LogP contribution in [0.1, 0.15) is 23.2 Å². The van der Waals surface area contributed by atoms with E-state index >= 15 is 0 Å². The first kappa shape index (κ1) is 11.3. The quantitative estimate of drug-likeness (QED) is 0.815. The van der Waals surface area contributed by atoms with Gasteiger partial charge in [-0.1, -0.05) is 0 Å². The first-order valence-electron chi connectivity index (χ1n) is 4.90. The van der Waals surface area contributed by atoms with Gasteiger partial charge in [-0.2, -0.15) is 0 Å². The molecule has 1 aromatic carbocycles. The van der Waals surface area contributed by atoms with Gasteiger partial charge < -0.3 is 5.32 Å². The zero-order chi connectivity index (χ0) is 11.8. The van der Waals surface area contributed by atoms with Gasteiger partial charge in [0.1, 0.15) is 0 Å². The van der Waals surface area contributed by atoms with Crippen LogP contribution in [0.25, 0.3) is 0 Å². The van der Waals surface area contributed by atoms with E-state index in [0.29, 0.717) is 5.88 Å². The third-order valence-corrected chi connectivity index (χ3v) is 3.18. The van der Waals surface area contributed by atoms with E-state index in [1.54, 1.807) is 0 Å². The Kier molecular flexibility index (Phi) is 2.84. The third kappa shape index (κ3) is 2.16. The van der Waals surface area contributed by atoms with Crippen LogP contribution in [-0.2, 0) is 0 Å². The molecule has 0 radical (unpaired) electrons. The highest BCUT2D eigenvalue weighted by molar-refractivity contribution is 6.19. The molecule has 0 unspecified atom stereocenters. The molecule has 0 aliphatic heterocycles. The molecule has 0 atom stereocenters. The molecule has 1 saturated carbocycles. The molecule has 1 aliphatic rings. The molecule has 5 heteroatoms. The number of carbonyl (C=O) groups is 1. The Morgan fingerprint density at radius 1 is 1.38 bits per heavy atom. The number of alkyl halides is 1. The molecule has 16 heavy (non-hydrogen) atoms. The number of amides is 1. The summed E-state index contributed by atoms with van der Waals surface area (Å²) in [6, 6.07) is 3.07. The summed E-state index contributed by atoms with van der Waals surface area (Å²) in [6.07, 6.45) is 1.65. The summed E-state index contributed by atoms with van der Waals surface area (Å²) in [5, 5.41) is 2.72. The number of hydrogen-bond acceptors (Lipinski definition) is 1. The average molecular weight is 246 g/mol. The summed E-state index contributed by atoms with van der Waals surface area (Å²) in [4.78, 5) is 11.7. The Morgan fingerprint density at radius 2 is 2.06 bits per heavy atom. The number of halogens is 3. The van der Waals surface area contributed by atoms with Crippen LogP contribution in [0.15, 0.2) is 18.2 Å². The molecule has 0 heterocycles. The fraction of sp³-hybridized carbons (Fsp3) is 0.364. The summed E-state index contributed by atoms with van der Waals surface area (Å²) in [5.41, 5.74) is -0.237. The van der Waals surface area contributed by atoms with Crippen LogP contribution in [0.3, 0.4) is 0 Å². The summed E-state index contributed by atoms with van der Waals surface area (Å²) in [7, 11) is 0. The van der Waals surface area contributed by atoms with Crippen molar-refractivity contribution < 1.29 is 13.6 Å². The van der Waals surface area contributed by atoms with Crippen molar-refractivity contribution in [1.29, 1.82) is 0 Å². The molecule has 0 bridgehead atoms. The van der Waals surface area contributed by atoms with Crippen LogP contribution >= 0.6 is 11.6 Å². The van der Waals surface area contributed by atoms with E-state index in [-0.39, 0.29) is 11.1 Å². The highest BCUT2D eigenvalue weighted by Gasteiger charge is 2.43. The maximum absolute atomic E-state index is 12.9.